The third kappa shape index (κ3) is 5.09. The van der Waals surface area contributed by atoms with E-state index in [0.717, 1.165) is 6.07 Å². The second kappa shape index (κ2) is 9.10. The van der Waals surface area contributed by atoms with E-state index in [-0.39, 0.29) is 47.5 Å². The summed E-state index contributed by atoms with van der Waals surface area (Å²) in [6.45, 7) is 3.63. The van der Waals surface area contributed by atoms with E-state index in [1.807, 2.05) is 4.90 Å². The molecule has 0 spiro atoms. The van der Waals surface area contributed by atoms with Crippen LogP contribution in [0.15, 0.2) is 24.3 Å². The number of aromatic nitrogens is 3. The molecule has 0 unspecified atom stereocenters. The SMILES string of the molecule is COc1nc2nc(C)nc(N[C@H](C)c3cccc(C(F)(F)F)c3F)c2cc1N1CCS(=O)(=O)CC1. The average molecular weight is 514 g/mol. The molecular weight excluding hydrogens is 490 g/mol. The lowest BCUT2D eigenvalue weighted by Crippen LogP contribution is -2.40. The number of alkyl halides is 3. The number of fused-ring (bicyclic) bond motifs is 1. The molecule has 2 aromatic heterocycles. The molecule has 0 amide bonds. The topological polar surface area (TPSA) is 97.3 Å². The lowest BCUT2D eigenvalue weighted by atomic mass is 10.0. The van der Waals surface area contributed by atoms with E-state index in [1.165, 1.54) is 20.1 Å². The first kappa shape index (κ1) is 24.9. The fourth-order valence-corrected chi connectivity index (χ4v) is 5.16. The molecule has 3 aromatic rings. The van der Waals surface area contributed by atoms with Crippen LogP contribution in [0.25, 0.3) is 11.0 Å². The number of aryl methyl sites for hydroxylation is 1. The van der Waals surface area contributed by atoms with Crippen molar-refractivity contribution >= 4 is 32.4 Å². The van der Waals surface area contributed by atoms with Gasteiger partial charge in [0.15, 0.2) is 15.5 Å². The number of ether oxygens (including phenoxy) is 1. The highest BCUT2D eigenvalue weighted by atomic mass is 32.2. The lowest BCUT2D eigenvalue weighted by molar-refractivity contribution is -0.140. The Morgan fingerprint density at radius 3 is 2.46 bits per heavy atom. The Kier molecular flexibility index (Phi) is 6.47. The molecule has 188 valence electrons. The molecule has 35 heavy (non-hydrogen) atoms. The summed E-state index contributed by atoms with van der Waals surface area (Å²) in [4.78, 5) is 15.0. The number of pyridine rings is 1. The fourth-order valence-electron chi connectivity index (χ4n) is 3.96. The van der Waals surface area contributed by atoms with Gasteiger partial charge in [0.05, 0.1) is 35.6 Å². The summed E-state index contributed by atoms with van der Waals surface area (Å²) >= 11 is 0. The number of hydrogen-bond acceptors (Lipinski definition) is 8. The van der Waals surface area contributed by atoms with Crippen LogP contribution in [-0.4, -0.2) is 55.1 Å². The Bertz CT molecular complexity index is 1370. The molecule has 0 saturated carbocycles. The summed E-state index contributed by atoms with van der Waals surface area (Å²) in [5, 5.41) is 3.42. The number of nitrogens with zero attached hydrogens (tertiary/aromatic N) is 4. The van der Waals surface area contributed by atoms with Crippen LogP contribution in [0.5, 0.6) is 5.88 Å². The van der Waals surface area contributed by atoms with Crippen LogP contribution < -0.4 is 15.0 Å². The Morgan fingerprint density at radius 2 is 1.83 bits per heavy atom. The second-order valence-electron chi connectivity index (χ2n) is 8.22. The maximum absolute atomic E-state index is 14.7. The summed E-state index contributed by atoms with van der Waals surface area (Å²) in [6, 6.07) is 3.94. The van der Waals surface area contributed by atoms with Crippen LogP contribution in [0.1, 0.15) is 29.9 Å². The highest BCUT2D eigenvalue weighted by Gasteiger charge is 2.35. The van der Waals surface area contributed by atoms with E-state index in [4.69, 9.17) is 4.74 Å². The molecule has 1 N–H and O–H groups in total. The van der Waals surface area contributed by atoms with Crippen LogP contribution in [0, 0.1) is 12.7 Å². The van der Waals surface area contributed by atoms with Gasteiger partial charge in [-0.2, -0.15) is 18.2 Å². The van der Waals surface area contributed by atoms with Crippen molar-refractivity contribution in [3.05, 3.63) is 47.0 Å². The quantitative estimate of drug-likeness (QED) is 0.513. The zero-order chi connectivity index (χ0) is 25.5. The van der Waals surface area contributed by atoms with Gasteiger partial charge in [-0.1, -0.05) is 12.1 Å². The zero-order valence-corrected chi connectivity index (χ0v) is 20.0. The molecule has 8 nitrogen and oxygen atoms in total. The molecule has 1 aliphatic rings. The molecule has 1 atom stereocenters. The standard InChI is InChI=1S/C22H23F4N5O3S/c1-12(14-5-4-6-16(18(14)23)22(24,25)26)27-19-15-11-17(31-7-9-35(32,33)10-8-31)21(34-3)30-20(15)29-13(2)28-19/h4-6,11-12H,7-10H2,1-3H3,(H,27,28,29,30)/t12-/m1/s1. The lowest BCUT2D eigenvalue weighted by Gasteiger charge is -2.29. The molecule has 0 aliphatic carbocycles. The van der Waals surface area contributed by atoms with Crippen LogP contribution in [0.2, 0.25) is 0 Å². The number of benzene rings is 1. The summed E-state index contributed by atoms with van der Waals surface area (Å²) in [6.07, 6.45) is -4.82. The van der Waals surface area contributed by atoms with Crippen molar-refractivity contribution in [3.63, 3.8) is 0 Å². The van der Waals surface area contributed by atoms with Gasteiger partial charge >= 0.3 is 6.18 Å². The molecular formula is C22H23F4N5O3S. The van der Waals surface area contributed by atoms with E-state index in [2.05, 4.69) is 20.3 Å². The minimum absolute atomic E-state index is 0.0183. The maximum atomic E-state index is 14.7. The van der Waals surface area contributed by atoms with Gasteiger partial charge in [-0.15, -0.1) is 0 Å². The molecule has 1 aromatic carbocycles. The van der Waals surface area contributed by atoms with Gasteiger partial charge in [0, 0.05) is 18.7 Å². The molecule has 0 bridgehead atoms. The van der Waals surface area contributed by atoms with Crippen molar-refractivity contribution in [2.24, 2.45) is 0 Å². The van der Waals surface area contributed by atoms with Crippen LogP contribution in [0.4, 0.5) is 29.1 Å². The van der Waals surface area contributed by atoms with Crippen molar-refractivity contribution < 1.29 is 30.7 Å². The molecule has 1 fully saturated rings. The van der Waals surface area contributed by atoms with Gasteiger partial charge in [-0.25, -0.2) is 22.8 Å². The second-order valence-corrected chi connectivity index (χ2v) is 10.5. The van der Waals surface area contributed by atoms with Crippen LogP contribution in [0.3, 0.4) is 0 Å². The van der Waals surface area contributed by atoms with Gasteiger partial charge in [-0.3, -0.25) is 0 Å². The van der Waals surface area contributed by atoms with Crippen molar-refractivity contribution in [3.8, 4) is 5.88 Å². The molecule has 0 radical (unpaired) electrons. The van der Waals surface area contributed by atoms with Gasteiger partial charge in [0.2, 0.25) is 5.88 Å². The molecule has 3 heterocycles. The number of anilines is 2. The number of sulfone groups is 1. The van der Waals surface area contributed by atoms with Crippen molar-refractivity contribution in [2.45, 2.75) is 26.1 Å². The summed E-state index contributed by atoms with van der Waals surface area (Å²) in [7, 11) is -1.69. The molecule has 1 aliphatic heterocycles. The number of halogens is 4. The van der Waals surface area contributed by atoms with Crippen molar-refractivity contribution in [1.29, 1.82) is 0 Å². The minimum atomic E-state index is -4.82. The Labute approximate surface area is 199 Å². The number of hydrogen-bond donors (Lipinski definition) is 1. The number of rotatable bonds is 5. The third-order valence-corrected chi connectivity index (χ3v) is 7.39. The van der Waals surface area contributed by atoms with Gasteiger partial charge in [-0.05, 0) is 26.0 Å². The third-order valence-electron chi connectivity index (χ3n) is 5.78. The fraction of sp³-hybridized carbons (Fsp3) is 0.409. The summed E-state index contributed by atoms with van der Waals surface area (Å²) < 4.78 is 83.4. The number of methoxy groups -OCH3 is 1. The largest absolute Gasteiger partial charge is 0.479 e. The minimum Gasteiger partial charge on any atom is -0.479 e. The first-order chi connectivity index (χ1) is 16.4. The maximum Gasteiger partial charge on any atom is 0.419 e. The Morgan fingerprint density at radius 1 is 1.14 bits per heavy atom. The first-order valence-electron chi connectivity index (χ1n) is 10.7. The van der Waals surface area contributed by atoms with Gasteiger partial charge < -0.3 is 15.0 Å². The summed E-state index contributed by atoms with van der Waals surface area (Å²) in [5.74, 6) is -0.561. The van der Waals surface area contributed by atoms with E-state index < -0.39 is 33.4 Å². The highest BCUT2D eigenvalue weighted by Crippen LogP contribution is 2.36. The van der Waals surface area contributed by atoms with E-state index in [1.54, 1.807) is 13.0 Å². The van der Waals surface area contributed by atoms with E-state index in [0.29, 0.717) is 23.0 Å². The first-order valence-corrected chi connectivity index (χ1v) is 12.5. The highest BCUT2D eigenvalue weighted by molar-refractivity contribution is 7.91. The normalized spacial score (nSPS) is 16.8. The van der Waals surface area contributed by atoms with Gasteiger partial charge in [0.25, 0.3) is 0 Å². The summed E-state index contributed by atoms with van der Waals surface area (Å²) in [5.41, 5.74) is -0.724. The van der Waals surface area contributed by atoms with Crippen LogP contribution >= 0.6 is 0 Å². The predicted molar refractivity (Wildman–Crippen MR) is 123 cm³/mol. The van der Waals surface area contributed by atoms with E-state index >= 15 is 0 Å². The molecule has 4 rings (SSSR count). The Balaban J connectivity index is 1.75. The van der Waals surface area contributed by atoms with Crippen molar-refractivity contribution in [1.82, 2.24) is 15.0 Å². The van der Waals surface area contributed by atoms with E-state index in [9.17, 15) is 26.0 Å². The monoisotopic (exact) mass is 513 g/mol. The van der Waals surface area contributed by atoms with Crippen molar-refractivity contribution in [2.75, 3.05) is 41.9 Å². The molecule has 13 heteroatoms. The average Bonchev–Trinajstić information content (AvgIpc) is 2.77. The molecule has 1 saturated heterocycles. The zero-order valence-electron chi connectivity index (χ0n) is 19.1. The Hall–Kier alpha value is -3.22. The number of nitrogens with one attached hydrogen (secondary N) is 1. The predicted octanol–water partition coefficient (Wildman–Crippen LogP) is 3.91. The van der Waals surface area contributed by atoms with Crippen LogP contribution in [-0.2, 0) is 16.0 Å². The smallest absolute Gasteiger partial charge is 0.419 e. The van der Waals surface area contributed by atoms with Gasteiger partial charge in [0.1, 0.15) is 23.1 Å².